The lowest BCUT2D eigenvalue weighted by Crippen LogP contribution is -2.54. The molecule has 0 bridgehead atoms. The third kappa shape index (κ3) is 5.43. The van der Waals surface area contributed by atoms with E-state index in [9.17, 15) is 18.4 Å². The van der Waals surface area contributed by atoms with Crippen molar-refractivity contribution in [3.63, 3.8) is 0 Å². The number of fused-ring (bicyclic) bond motifs is 1. The van der Waals surface area contributed by atoms with Crippen LogP contribution in [-0.2, 0) is 15.2 Å². The fourth-order valence-corrected chi connectivity index (χ4v) is 5.88. The molecule has 0 aromatic heterocycles. The first-order chi connectivity index (χ1) is 18.8. The summed E-state index contributed by atoms with van der Waals surface area (Å²) in [5, 5.41) is 10.3. The molecule has 1 fully saturated rings. The summed E-state index contributed by atoms with van der Waals surface area (Å²) in [5.74, 6) is -3.33. The van der Waals surface area contributed by atoms with Gasteiger partial charge in [-0.15, -0.1) is 0 Å². The maximum atomic E-state index is 14.2. The van der Waals surface area contributed by atoms with Gasteiger partial charge in [-0.25, -0.2) is 13.6 Å². The third-order valence-corrected chi connectivity index (χ3v) is 7.81. The third-order valence-electron chi connectivity index (χ3n) is 7.56. The summed E-state index contributed by atoms with van der Waals surface area (Å²) in [6.07, 6.45) is 4.71. The van der Waals surface area contributed by atoms with Crippen molar-refractivity contribution in [2.24, 2.45) is 11.8 Å². The van der Waals surface area contributed by atoms with E-state index >= 15 is 0 Å². The maximum absolute atomic E-state index is 14.2. The van der Waals surface area contributed by atoms with Gasteiger partial charge >= 0.3 is 5.97 Å². The molecule has 3 aromatic rings. The Balaban J connectivity index is 1.54. The van der Waals surface area contributed by atoms with Crippen molar-refractivity contribution in [2.45, 2.75) is 44.7 Å². The summed E-state index contributed by atoms with van der Waals surface area (Å²) in [5.41, 5.74) is 1.17. The number of hydrogen-bond donors (Lipinski definition) is 3. The van der Waals surface area contributed by atoms with Crippen molar-refractivity contribution >= 4 is 40.5 Å². The molecule has 204 valence electrons. The molecule has 2 aliphatic rings. The van der Waals surface area contributed by atoms with E-state index in [0.717, 1.165) is 44.2 Å². The van der Waals surface area contributed by atoms with Gasteiger partial charge in [0.2, 0.25) is 5.91 Å². The van der Waals surface area contributed by atoms with Crippen molar-refractivity contribution in [2.75, 3.05) is 22.6 Å². The Morgan fingerprint density at radius 1 is 0.974 bits per heavy atom. The van der Waals surface area contributed by atoms with Crippen LogP contribution in [0.2, 0.25) is 5.02 Å². The predicted octanol–water partition coefficient (Wildman–Crippen LogP) is 7.32. The molecule has 3 aromatic carbocycles. The molecule has 9 heteroatoms. The topological polar surface area (TPSA) is 79.5 Å². The number of benzene rings is 3. The zero-order chi connectivity index (χ0) is 27.6. The van der Waals surface area contributed by atoms with Crippen LogP contribution in [-0.4, -0.2) is 18.5 Å². The number of carbonyl (C=O) groups is 2. The highest BCUT2D eigenvalue weighted by atomic mass is 35.5. The van der Waals surface area contributed by atoms with Gasteiger partial charge < -0.3 is 20.7 Å². The van der Waals surface area contributed by atoms with Crippen LogP contribution in [0.15, 0.2) is 60.7 Å². The van der Waals surface area contributed by atoms with Gasteiger partial charge in [-0.05, 0) is 67.6 Å². The number of rotatable bonds is 7. The first kappa shape index (κ1) is 26.9. The first-order valence-electron chi connectivity index (χ1n) is 13.2. The second kappa shape index (κ2) is 11.2. The van der Waals surface area contributed by atoms with Crippen molar-refractivity contribution in [1.29, 1.82) is 0 Å². The number of anilines is 3. The number of ether oxygens (including phenoxy) is 1. The number of esters is 1. The largest absolute Gasteiger partial charge is 0.462 e. The summed E-state index contributed by atoms with van der Waals surface area (Å²) in [6, 6.07) is 15.8. The smallest absolute Gasteiger partial charge is 0.338 e. The van der Waals surface area contributed by atoms with Crippen molar-refractivity contribution in [3.8, 4) is 0 Å². The Hall–Kier alpha value is -3.65. The maximum Gasteiger partial charge on any atom is 0.338 e. The monoisotopic (exact) mass is 553 g/mol. The zero-order valence-corrected chi connectivity index (χ0v) is 22.3. The van der Waals surface area contributed by atoms with Crippen LogP contribution in [0.1, 0.15) is 54.9 Å². The van der Waals surface area contributed by atoms with E-state index in [0.29, 0.717) is 33.2 Å². The van der Waals surface area contributed by atoms with Crippen LogP contribution in [0.25, 0.3) is 0 Å². The highest BCUT2D eigenvalue weighted by molar-refractivity contribution is 6.30. The highest BCUT2D eigenvalue weighted by Crippen LogP contribution is 2.49. The number of halogens is 3. The van der Waals surface area contributed by atoms with E-state index in [1.807, 2.05) is 12.1 Å². The summed E-state index contributed by atoms with van der Waals surface area (Å²) in [4.78, 5) is 26.3. The molecule has 6 nitrogen and oxygen atoms in total. The molecule has 1 atom stereocenters. The van der Waals surface area contributed by atoms with Gasteiger partial charge in [0.1, 0.15) is 5.66 Å². The molecule has 1 amide bonds. The molecule has 0 radical (unpaired) electrons. The average molecular weight is 554 g/mol. The first-order valence-corrected chi connectivity index (χ1v) is 13.6. The predicted molar refractivity (Wildman–Crippen MR) is 148 cm³/mol. The van der Waals surface area contributed by atoms with Crippen LogP contribution >= 0.6 is 11.6 Å². The fraction of sp³-hybridized carbons (Fsp3) is 0.333. The second-order valence-corrected chi connectivity index (χ2v) is 10.5. The molecule has 3 N–H and O–H groups in total. The lowest BCUT2D eigenvalue weighted by Gasteiger charge is -2.43. The zero-order valence-electron chi connectivity index (χ0n) is 21.5. The summed E-state index contributed by atoms with van der Waals surface area (Å²) in [7, 11) is 0. The van der Waals surface area contributed by atoms with Crippen LogP contribution in [0.3, 0.4) is 0 Å². The highest BCUT2D eigenvalue weighted by Gasteiger charge is 2.52. The molecular weight excluding hydrogens is 524 g/mol. The Morgan fingerprint density at radius 3 is 2.13 bits per heavy atom. The van der Waals surface area contributed by atoms with Crippen molar-refractivity contribution < 1.29 is 23.1 Å². The molecule has 0 saturated heterocycles. The van der Waals surface area contributed by atoms with Crippen LogP contribution in [0, 0.1) is 23.5 Å². The Bertz CT molecular complexity index is 1330. The van der Waals surface area contributed by atoms with E-state index in [4.69, 9.17) is 16.3 Å². The molecule has 5 rings (SSSR count). The van der Waals surface area contributed by atoms with Gasteiger partial charge in [0.15, 0.2) is 11.6 Å². The van der Waals surface area contributed by atoms with E-state index in [2.05, 4.69) is 16.0 Å². The van der Waals surface area contributed by atoms with Crippen LogP contribution < -0.4 is 16.0 Å². The average Bonchev–Trinajstić information content (AvgIpc) is 3.29. The second-order valence-electron chi connectivity index (χ2n) is 10.0. The van der Waals surface area contributed by atoms with Gasteiger partial charge in [-0.3, -0.25) is 4.79 Å². The Morgan fingerprint density at radius 2 is 1.56 bits per heavy atom. The molecule has 0 spiro atoms. The van der Waals surface area contributed by atoms with Crippen LogP contribution in [0.4, 0.5) is 25.8 Å². The van der Waals surface area contributed by atoms with Gasteiger partial charge in [0, 0.05) is 22.8 Å². The van der Waals surface area contributed by atoms with Crippen molar-refractivity contribution in [3.05, 3.63) is 88.4 Å². The summed E-state index contributed by atoms with van der Waals surface area (Å²) < 4.78 is 33.5. The molecule has 39 heavy (non-hydrogen) atoms. The minimum atomic E-state index is -1.19. The Labute approximate surface area is 231 Å². The van der Waals surface area contributed by atoms with E-state index in [1.165, 1.54) is 0 Å². The van der Waals surface area contributed by atoms with E-state index in [-0.39, 0.29) is 18.4 Å². The van der Waals surface area contributed by atoms with E-state index in [1.54, 1.807) is 43.3 Å². The number of amides is 1. The van der Waals surface area contributed by atoms with Gasteiger partial charge in [-0.2, -0.15) is 0 Å². The van der Waals surface area contributed by atoms with Gasteiger partial charge in [0.05, 0.1) is 29.5 Å². The lowest BCUT2D eigenvalue weighted by molar-refractivity contribution is -0.124. The van der Waals surface area contributed by atoms with Crippen molar-refractivity contribution in [1.82, 2.24) is 0 Å². The lowest BCUT2D eigenvalue weighted by atomic mass is 9.71. The number of nitrogens with one attached hydrogen (secondary N) is 3. The molecule has 1 saturated carbocycles. The number of carbonyl (C=O) groups excluding carboxylic acids is 2. The SMILES string of the molecule is CCOC(=O)c1ccc(NC(=O)C(C2CCCCC2)C2(c3ccc(Cl)cc3)Nc3cc(F)c(F)cc3N2)cc1. The normalized spacial score (nSPS) is 16.9. The summed E-state index contributed by atoms with van der Waals surface area (Å²) in [6.45, 7) is 2.00. The Kier molecular flexibility index (Phi) is 7.75. The quantitative estimate of drug-likeness (QED) is 0.267. The minimum Gasteiger partial charge on any atom is -0.462 e. The molecular formula is C30H30ClF2N3O3. The fourth-order valence-electron chi connectivity index (χ4n) is 5.76. The minimum absolute atomic E-state index is 0.0164. The van der Waals surface area contributed by atoms with Gasteiger partial charge in [0.25, 0.3) is 0 Å². The van der Waals surface area contributed by atoms with Gasteiger partial charge in [-0.1, -0.05) is 43.0 Å². The van der Waals surface area contributed by atoms with Crippen LogP contribution in [0.5, 0.6) is 0 Å². The molecule has 1 unspecified atom stereocenters. The molecule has 1 aliphatic carbocycles. The summed E-state index contributed by atoms with van der Waals surface area (Å²) >= 11 is 6.20. The number of hydrogen-bond acceptors (Lipinski definition) is 5. The standard InChI is InChI=1S/C30H30ClF2N3O3/c1-2-39-29(38)19-8-14-22(15-9-19)34-28(37)27(18-6-4-3-5-7-18)30(20-10-12-21(31)13-11-20)35-25-16-23(32)24(33)17-26(25)36-30/h8-18,27,35-36H,2-7H2,1H3,(H,34,37). The molecule has 1 heterocycles. The molecule has 1 aliphatic heterocycles. The van der Waals surface area contributed by atoms with E-state index < -0.39 is 29.2 Å².